The Hall–Kier alpha value is -3.26. The van der Waals surface area contributed by atoms with E-state index in [0.29, 0.717) is 36.1 Å². The number of hydrogen-bond donors (Lipinski definition) is 1. The molecule has 7 nitrogen and oxygen atoms in total. The lowest BCUT2D eigenvalue weighted by Crippen LogP contribution is -2.39. The highest BCUT2D eigenvalue weighted by Gasteiger charge is 2.42. The van der Waals surface area contributed by atoms with Crippen molar-refractivity contribution in [3.63, 3.8) is 0 Å². The molecule has 1 N–H and O–H groups in total. The monoisotopic (exact) mass is 453 g/mol. The molecule has 3 rings (SSSR count). The first kappa shape index (κ1) is 23.4. The molecule has 0 radical (unpaired) electrons. The average molecular weight is 454 g/mol. The van der Waals surface area contributed by atoms with Crippen LogP contribution >= 0.6 is 12.2 Å². The van der Waals surface area contributed by atoms with Crippen LogP contribution in [0.5, 0.6) is 0 Å². The van der Waals surface area contributed by atoms with Gasteiger partial charge in [0.15, 0.2) is 5.11 Å². The maximum Gasteiger partial charge on any atom is 0.338 e. The molecule has 1 atom stereocenters. The summed E-state index contributed by atoms with van der Waals surface area (Å²) in [5.74, 6) is -0.861. The molecule has 1 fully saturated rings. The van der Waals surface area contributed by atoms with Crippen molar-refractivity contribution < 1.29 is 19.1 Å². The lowest BCUT2D eigenvalue weighted by Gasteiger charge is -2.23. The zero-order valence-electron chi connectivity index (χ0n) is 18.2. The number of esters is 1. The number of anilines is 1. The van der Waals surface area contributed by atoms with E-state index in [1.807, 2.05) is 42.2 Å². The third-order valence-electron chi connectivity index (χ3n) is 5.26. The van der Waals surface area contributed by atoms with Gasteiger partial charge in [0.1, 0.15) is 6.04 Å². The van der Waals surface area contributed by atoms with Gasteiger partial charge < -0.3 is 15.0 Å². The molecule has 0 bridgehead atoms. The van der Waals surface area contributed by atoms with Crippen LogP contribution in [0.2, 0.25) is 0 Å². The first-order valence-corrected chi connectivity index (χ1v) is 11.1. The number of likely N-dealkylation sites (N-methyl/N-ethyl adjacent to an activating group) is 1. The third-order valence-corrected chi connectivity index (χ3v) is 5.72. The minimum Gasteiger partial charge on any atom is -0.462 e. The van der Waals surface area contributed by atoms with Crippen molar-refractivity contribution in [1.29, 1.82) is 0 Å². The second kappa shape index (κ2) is 10.9. The molecule has 0 spiro atoms. The molecule has 0 aromatic heterocycles. The largest absolute Gasteiger partial charge is 0.462 e. The van der Waals surface area contributed by atoms with Crippen molar-refractivity contribution in [2.45, 2.75) is 32.7 Å². The Morgan fingerprint density at radius 1 is 1.06 bits per heavy atom. The van der Waals surface area contributed by atoms with Gasteiger partial charge in [0.25, 0.3) is 5.91 Å². The summed E-state index contributed by atoms with van der Waals surface area (Å²) in [7, 11) is 0. The number of hydrogen-bond acceptors (Lipinski definition) is 5. The molecular formula is C24H27N3O4S. The molecule has 0 saturated carbocycles. The van der Waals surface area contributed by atoms with Gasteiger partial charge in [-0.1, -0.05) is 30.3 Å². The molecule has 8 heteroatoms. The molecule has 1 saturated heterocycles. The Morgan fingerprint density at radius 2 is 1.75 bits per heavy atom. The number of carbonyl (C=O) groups is 3. The molecule has 1 heterocycles. The van der Waals surface area contributed by atoms with E-state index in [2.05, 4.69) is 5.32 Å². The van der Waals surface area contributed by atoms with E-state index in [0.717, 1.165) is 12.0 Å². The lowest BCUT2D eigenvalue weighted by atomic mass is 10.1. The van der Waals surface area contributed by atoms with Crippen molar-refractivity contribution in [2.75, 3.05) is 25.0 Å². The van der Waals surface area contributed by atoms with Crippen LogP contribution < -0.4 is 5.32 Å². The standard InChI is InChI=1S/C24H27N3O4S/c1-3-26-22(29)20(27(24(26)32)15-14-17-8-6-5-7-9-17)16-21(28)25-19-12-10-18(11-13-19)23(30)31-4-2/h5-13,20H,3-4,14-16H2,1-2H3,(H,25,28). The summed E-state index contributed by atoms with van der Waals surface area (Å²) in [6.07, 6.45) is 0.711. The summed E-state index contributed by atoms with van der Waals surface area (Å²) in [6, 6.07) is 15.8. The molecule has 1 unspecified atom stereocenters. The minimum atomic E-state index is -0.634. The number of nitrogens with one attached hydrogen (secondary N) is 1. The Kier molecular flexibility index (Phi) is 7.94. The fourth-order valence-corrected chi connectivity index (χ4v) is 4.06. The van der Waals surface area contributed by atoms with Crippen molar-refractivity contribution >= 4 is 40.8 Å². The van der Waals surface area contributed by atoms with Gasteiger partial charge in [-0.3, -0.25) is 14.5 Å². The van der Waals surface area contributed by atoms with Gasteiger partial charge in [-0.2, -0.15) is 0 Å². The number of thiocarbonyl (C=S) groups is 1. The molecular weight excluding hydrogens is 426 g/mol. The number of nitrogens with zero attached hydrogens (tertiary/aromatic N) is 2. The number of benzene rings is 2. The highest BCUT2D eigenvalue weighted by Crippen LogP contribution is 2.22. The molecule has 2 aromatic carbocycles. The van der Waals surface area contributed by atoms with Gasteiger partial charge >= 0.3 is 5.97 Å². The van der Waals surface area contributed by atoms with E-state index in [-0.39, 0.29) is 18.2 Å². The Labute approximate surface area is 193 Å². The summed E-state index contributed by atoms with van der Waals surface area (Å²) in [5, 5.41) is 3.26. The van der Waals surface area contributed by atoms with Crippen LogP contribution in [0.3, 0.4) is 0 Å². The second-order valence-corrected chi connectivity index (χ2v) is 7.73. The normalized spacial score (nSPS) is 15.8. The maximum absolute atomic E-state index is 12.9. The number of amides is 2. The van der Waals surface area contributed by atoms with Crippen molar-refractivity contribution in [3.05, 3.63) is 65.7 Å². The van der Waals surface area contributed by atoms with E-state index in [4.69, 9.17) is 17.0 Å². The van der Waals surface area contributed by atoms with Gasteiger partial charge in [0, 0.05) is 18.8 Å². The van der Waals surface area contributed by atoms with Crippen LogP contribution in [0.15, 0.2) is 54.6 Å². The molecule has 0 aliphatic carbocycles. The SMILES string of the molecule is CCOC(=O)c1ccc(NC(=O)CC2C(=O)N(CC)C(=S)N2CCc2ccccc2)cc1. The summed E-state index contributed by atoms with van der Waals surface area (Å²) in [4.78, 5) is 40.8. The van der Waals surface area contributed by atoms with E-state index in [9.17, 15) is 14.4 Å². The highest BCUT2D eigenvalue weighted by atomic mass is 32.1. The Morgan fingerprint density at radius 3 is 2.38 bits per heavy atom. The van der Waals surface area contributed by atoms with Gasteiger partial charge in [0.2, 0.25) is 5.91 Å². The molecule has 2 amide bonds. The Balaban J connectivity index is 1.65. The quantitative estimate of drug-likeness (QED) is 0.464. The van der Waals surface area contributed by atoms with Gasteiger partial charge in [-0.25, -0.2) is 4.79 Å². The van der Waals surface area contributed by atoms with Gasteiger partial charge in [-0.05, 0) is 62.3 Å². The smallest absolute Gasteiger partial charge is 0.338 e. The van der Waals surface area contributed by atoms with Crippen molar-refractivity contribution in [3.8, 4) is 0 Å². The fourth-order valence-electron chi connectivity index (χ4n) is 3.62. The predicted molar refractivity (Wildman–Crippen MR) is 126 cm³/mol. The van der Waals surface area contributed by atoms with E-state index >= 15 is 0 Å². The number of ether oxygens (including phenoxy) is 1. The van der Waals surface area contributed by atoms with Crippen LogP contribution in [-0.4, -0.2) is 58.4 Å². The molecule has 2 aromatic rings. The van der Waals surface area contributed by atoms with Crippen LogP contribution in [0.1, 0.15) is 36.2 Å². The number of carbonyl (C=O) groups excluding carboxylic acids is 3. The maximum atomic E-state index is 12.9. The fraction of sp³-hybridized carbons (Fsp3) is 0.333. The Bertz CT molecular complexity index is 978. The summed E-state index contributed by atoms with van der Waals surface area (Å²) in [6.45, 7) is 4.92. The van der Waals surface area contributed by atoms with E-state index in [1.165, 1.54) is 0 Å². The zero-order valence-corrected chi connectivity index (χ0v) is 19.1. The van der Waals surface area contributed by atoms with Crippen molar-refractivity contribution in [2.24, 2.45) is 0 Å². The average Bonchev–Trinajstić information content (AvgIpc) is 3.02. The number of rotatable bonds is 9. The van der Waals surface area contributed by atoms with Crippen LogP contribution in [-0.2, 0) is 20.7 Å². The predicted octanol–water partition coefficient (Wildman–Crippen LogP) is 3.25. The van der Waals surface area contributed by atoms with Gasteiger partial charge in [0.05, 0.1) is 18.6 Å². The molecule has 32 heavy (non-hydrogen) atoms. The minimum absolute atomic E-state index is 0.0100. The first-order valence-electron chi connectivity index (χ1n) is 10.7. The first-order chi connectivity index (χ1) is 15.4. The van der Waals surface area contributed by atoms with Crippen LogP contribution in [0.4, 0.5) is 5.69 Å². The van der Waals surface area contributed by atoms with Crippen LogP contribution in [0.25, 0.3) is 0 Å². The van der Waals surface area contributed by atoms with E-state index in [1.54, 1.807) is 36.1 Å². The lowest BCUT2D eigenvalue weighted by molar-refractivity contribution is -0.130. The molecule has 1 aliphatic rings. The van der Waals surface area contributed by atoms with Crippen LogP contribution in [0, 0.1) is 0 Å². The topological polar surface area (TPSA) is 78.9 Å². The van der Waals surface area contributed by atoms with Gasteiger partial charge in [-0.15, -0.1) is 0 Å². The second-order valence-electron chi connectivity index (χ2n) is 7.36. The third kappa shape index (κ3) is 5.50. The highest BCUT2D eigenvalue weighted by molar-refractivity contribution is 7.80. The zero-order chi connectivity index (χ0) is 23.1. The van der Waals surface area contributed by atoms with E-state index < -0.39 is 12.0 Å². The molecule has 168 valence electrons. The summed E-state index contributed by atoms with van der Waals surface area (Å²) >= 11 is 5.53. The summed E-state index contributed by atoms with van der Waals surface area (Å²) in [5.41, 5.74) is 2.09. The molecule has 1 aliphatic heterocycles. The van der Waals surface area contributed by atoms with Crippen molar-refractivity contribution in [1.82, 2.24) is 9.80 Å². The summed E-state index contributed by atoms with van der Waals surface area (Å²) < 4.78 is 4.96.